The molecule has 7 nitrogen and oxygen atoms in total. The Labute approximate surface area is 117 Å². The maximum atomic E-state index is 11.3. The molecule has 108 valence electrons. The van der Waals surface area contributed by atoms with Crippen LogP contribution in [0.4, 0.5) is 5.82 Å². The van der Waals surface area contributed by atoms with Gasteiger partial charge in [-0.25, -0.2) is 4.79 Å². The number of anilines is 1. The number of nitrogens with zero attached hydrogens (tertiary/aromatic N) is 4. The number of aromatic nitrogens is 2. The van der Waals surface area contributed by atoms with E-state index in [1.807, 2.05) is 6.07 Å². The van der Waals surface area contributed by atoms with Crippen LogP contribution in [0.25, 0.3) is 0 Å². The topological polar surface area (TPSA) is 70.6 Å². The van der Waals surface area contributed by atoms with Crippen LogP contribution >= 0.6 is 0 Å². The first kappa shape index (κ1) is 13.3. The van der Waals surface area contributed by atoms with Gasteiger partial charge >= 0.3 is 5.97 Å². The fraction of sp³-hybridized carbons (Fsp3) is 0.615. The highest BCUT2D eigenvalue weighted by Gasteiger charge is 2.33. The van der Waals surface area contributed by atoms with E-state index >= 15 is 0 Å². The first-order valence-electron chi connectivity index (χ1n) is 6.89. The molecule has 0 amide bonds. The summed E-state index contributed by atoms with van der Waals surface area (Å²) in [6.07, 6.45) is 0. The second kappa shape index (κ2) is 5.72. The first-order chi connectivity index (χ1) is 9.78. The van der Waals surface area contributed by atoms with Crippen LogP contribution in [0.5, 0.6) is 0 Å². The lowest BCUT2D eigenvalue weighted by Gasteiger charge is -2.47. The number of esters is 1. The molecule has 0 radical (unpaired) electrons. The minimum Gasteiger partial charge on any atom is -0.464 e. The Balaban J connectivity index is 1.55. The third-order valence-corrected chi connectivity index (χ3v) is 3.90. The molecule has 0 atom stereocenters. The predicted molar refractivity (Wildman–Crippen MR) is 73.8 cm³/mol. The zero-order valence-corrected chi connectivity index (χ0v) is 11.6. The minimum absolute atomic E-state index is 0.246. The normalized spacial score (nSPS) is 20.6. The lowest BCUT2D eigenvalue weighted by Crippen LogP contribution is -2.63. The zero-order chi connectivity index (χ0) is 13.9. The van der Waals surface area contributed by atoms with Gasteiger partial charge in [-0.2, -0.15) is 0 Å². The molecule has 1 aromatic heterocycles. The summed E-state index contributed by atoms with van der Waals surface area (Å²) in [5.41, 5.74) is 0.246. The average Bonchev–Trinajstić information content (AvgIpc) is 2.47. The number of ether oxygens (including phenoxy) is 1. The van der Waals surface area contributed by atoms with Crippen LogP contribution in [0.2, 0.25) is 0 Å². The van der Waals surface area contributed by atoms with Crippen molar-refractivity contribution in [1.82, 2.24) is 20.4 Å². The van der Waals surface area contributed by atoms with Crippen molar-refractivity contribution in [2.75, 3.05) is 51.3 Å². The van der Waals surface area contributed by atoms with Gasteiger partial charge in [-0.3, -0.25) is 4.90 Å². The van der Waals surface area contributed by atoms with Crippen molar-refractivity contribution in [3.63, 3.8) is 0 Å². The van der Waals surface area contributed by atoms with Crippen molar-refractivity contribution < 1.29 is 9.53 Å². The number of carbonyl (C=O) groups is 1. The van der Waals surface area contributed by atoms with Gasteiger partial charge in [-0.15, -0.1) is 10.2 Å². The van der Waals surface area contributed by atoms with Crippen LogP contribution in [0.3, 0.4) is 0 Å². The molecule has 3 heterocycles. The molecule has 2 aliphatic rings. The van der Waals surface area contributed by atoms with Gasteiger partial charge in [0, 0.05) is 45.3 Å². The van der Waals surface area contributed by atoms with Gasteiger partial charge < -0.3 is 15.0 Å². The summed E-state index contributed by atoms with van der Waals surface area (Å²) < 4.78 is 4.61. The van der Waals surface area contributed by atoms with Gasteiger partial charge in [0.15, 0.2) is 11.5 Å². The molecule has 0 unspecified atom stereocenters. The molecule has 1 N–H and O–H groups in total. The van der Waals surface area contributed by atoms with Crippen molar-refractivity contribution in [3.05, 3.63) is 17.8 Å². The highest BCUT2D eigenvalue weighted by Crippen LogP contribution is 2.21. The highest BCUT2D eigenvalue weighted by atomic mass is 16.5. The van der Waals surface area contributed by atoms with E-state index in [-0.39, 0.29) is 5.69 Å². The molecule has 0 aliphatic carbocycles. The fourth-order valence-corrected chi connectivity index (χ4v) is 2.63. The number of hydrogen-bond donors (Lipinski definition) is 1. The van der Waals surface area contributed by atoms with Crippen molar-refractivity contribution in [3.8, 4) is 0 Å². The van der Waals surface area contributed by atoms with Gasteiger partial charge in [0.05, 0.1) is 7.11 Å². The summed E-state index contributed by atoms with van der Waals surface area (Å²) in [6.45, 7) is 6.34. The maximum Gasteiger partial charge on any atom is 0.358 e. The molecule has 7 heteroatoms. The molecule has 0 spiro atoms. The van der Waals surface area contributed by atoms with Crippen molar-refractivity contribution >= 4 is 11.8 Å². The number of carbonyl (C=O) groups excluding carboxylic acids is 1. The third kappa shape index (κ3) is 2.59. The van der Waals surface area contributed by atoms with Crippen LogP contribution in [0, 0.1) is 0 Å². The Bertz CT molecular complexity index is 466. The van der Waals surface area contributed by atoms with Crippen molar-refractivity contribution in [1.29, 1.82) is 0 Å². The zero-order valence-electron chi connectivity index (χ0n) is 11.6. The molecule has 0 bridgehead atoms. The smallest absolute Gasteiger partial charge is 0.358 e. The quantitative estimate of drug-likeness (QED) is 0.737. The molecular formula is C13H19N5O2. The van der Waals surface area contributed by atoms with Crippen molar-refractivity contribution in [2.24, 2.45) is 0 Å². The van der Waals surface area contributed by atoms with Gasteiger partial charge in [0.1, 0.15) is 0 Å². The number of nitrogens with one attached hydrogen (secondary N) is 1. The van der Waals surface area contributed by atoms with E-state index in [0.717, 1.165) is 45.1 Å². The average molecular weight is 277 g/mol. The number of hydrogen-bond acceptors (Lipinski definition) is 7. The summed E-state index contributed by atoms with van der Waals surface area (Å²) in [4.78, 5) is 16.0. The van der Waals surface area contributed by atoms with E-state index in [9.17, 15) is 4.79 Å². The minimum atomic E-state index is -0.452. The van der Waals surface area contributed by atoms with E-state index in [1.165, 1.54) is 7.11 Å². The SMILES string of the molecule is COC(=O)c1ccc(N2CC(N3CCNCC3)C2)nn1. The molecule has 2 aliphatic heterocycles. The van der Waals surface area contributed by atoms with Gasteiger partial charge in [-0.1, -0.05) is 0 Å². The Morgan fingerprint density at radius 3 is 2.65 bits per heavy atom. The number of rotatable bonds is 3. The Morgan fingerprint density at radius 1 is 1.30 bits per heavy atom. The van der Waals surface area contributed by atoms with Gasteiger partial charge in [-0.05, 0) is 12.1 Å². The lowest BCUT2D eigenvalue weighted by atomic mass is 10.1. The Hall–Kier alpha value is -1.73. The van der Waals surface area contributed by atoms with Crippen LogP contribution in [0.15, 0.2) is 12.1 Å². The molecule has 1 aromatic rings. The van der Waals surface area contributed by atoms with Crippen LogP contribution < -0.4 is 10.2 Å². The second-order valence-electron chi connectivity index (χ2n) is 5.11. The third-order valence-electron chi connectivity index (χ3n) is 3.90. The first-order valence-corrected chi connectivity index (χ1v) is 6.89. The second-order valence-corrected chi connectivity index (χ2v) is 5.11. The number of methoxy groups -OCH3 is 1. The Kier molecular flexibility index (Phi) is 3.79. The van der Waals surface area contributed by atoms with Crippen molar-refractivity contribution in [2.45, 2.75) is 6.04 Å². The summed E-state index contributed by atoms with van der Waals surface area (Å²) in [6, 6.07) is 4.10. The van der Waals surface area contributed by atoms with E-state index in [4.69, 9.17) is 0 Å². The Morgan fingerprint density at radius 2 is 2.05 bits per heavy atom. The molecule has 20 heavy (non-hydrogen) atoms. The molecule has 3 rings (SSSR count). The van der Waals surface area contributed by atoms with E-state index < -0.39 is 5.97 Å². The monoisotopic (exact) mass is 277 g/mol. The highest BCUT2D eigenvalue weighted by molar-refractivity contribution is 5.86. The summed E-state index contributed by atoms with van der Waals surface area (Å²) in [5.74, 6) is 0.371. The fourth-order valence-electron chi connectivity index (χ4n) is 2.63. The molecule has 2 fully saturated rings. The van der Waals surface area contributed by atoms with Gasteiger partial charge in [0.2, 0.25) is 0 Å². The molecule has 2 saturated heterocycles. The summed E-state index contributed by atoms with van der Waals surface area (Å²) >= 11 is 0. The van der Waals surface area contributed by atoms with Gasteiger partial charge in [0.25, 0.3) is 0 Å². The standard InChI is InChI=1S/C13H19N5O2/c1-20-13(19)11-2-3-12(16-15-11)18-8-10(9-18)17-6-4-14-5-7-17/h2-3,10,14H,4-9H2,1H3. The molecular weight excluding hydrogens is 258 g/mol. The number of piperazine rings is 1. The van der Waals surface area contributed by atoms with E-state index in [0.29, 0.717) is 6.04 Å². The summed E-state index contributed by atoms with van der Waals surface area (Å²) in [5, 5.41) is 11.4. The largest absolute Gasteiger partial charge is 0.464 e. The van der Waals surface area contributed by atoms with E-state index in [1.54, 1.807) is 6.07 Å². The predicted octanol–water partition coefficient (Wildman–Crippen LogP) is -0.643. The molecule has 0 saturated carbocycles. The lowest BCUT2D eigenvalue weighted by molar-refractivity contribution is 0.0592. The van der Waals surface area contributed by atoms with Crippen LogP contribution in [-0.2, 0) is 4.74 Å². The summed E-state index contributed by atoms with van der Waals surface area (Å²) in [7, 11) is 1.34. The maximum absolute atomic E-state index is 11.3. The van der Waals surface area contributed by atoms with Crippen LogP contribution in [0.1, 0.15) is 10.5 Å². The molecule has 0 aromatic carbocycles. The van der Waals surface area contributed by atoms with E-state index in [2.05, 4.69) is 30.1 Å². The van der Waals surface area contributed by atoms with Crippen LogP contribution in [-0.4, -0.2) is 73.5 Å².